The van der Waals surface area contributed by atoms with E-state index >= 15 is 0 Å². The molecule has 0 unspecified atom stereocenters. The summed E-state index contributed by atoms with van der Waals surface area (Å²) in [5.74, 6) is 0. The third-order valence-electron chi connectivity index (χ3n) is 2.81. The van der Waals surface area contributed by atoms with Gasteiger partial charge in [-0.1, -0.05) is 42.0 Å². The topological polar surface area (TPSA) is 3.24 Å². The van der Waals surface area contributed by atoms with Crippen LogP contribution < -0.4 is 0 Å². The molecule has 0 aromatic heterocycles. The van der Waals surface area contributed by atoms with E-state index in [9.17, 15) is 0 Å². The number of rotatable bonds is 2. The third kappa shape index (κ3) is 3.22. The molecule has 0 fully saturated rings. The van der Waals surface area contributed by atoms with Crippen molar-refractivity contribution in [3.05, 3.63) is 52.6 Å². The Bertz CT molecular complexity index is 403. The molecule has 0 atom stereocenters. The van der Waals surface area contributed by atoms with Gasteiger partial charge in [-0.3, -0.25) is 0 Å². The fraction of sp³-hybridized carbons (Fsp3) is 0.286. The van der Waals surface area contributed by atoms with Crippen molar-refractivity contribution < 1.29 is 0 Å². The van der Waals surface area contributed by atoms with Gasteiger partial charge in [0.15, 0.2) is 0 Å². The maximum Gasteiger partial charge on any atom is 0.0406 e. The Morgan fingerprint density at radius 1 is 1.19 bits per heavy atom. The lowest BCUT2D eigenvalue weighted by Crippen LogP contribution is -2.23. The van der Waals surface area contributed by atoms with Gasteiger partial charge in [-0.15, -0.1) is 0 Å². The zero-order valence-corrected chi connectivity index (χ0v) is 10.2. The molecule has 0 aliphatic carbocycles. The van der Waals surface area contributed by atoms with Gasteiger partial charge in [0.1, 0.15) is 0 Å². The van der Waals surface area contributed by atoms with Crippen LogP contribution in [0.3, 0.4) is 0 Å². The Balaban J connectivity index is 2.01. The van der Waals surface area contributed by atoms with Crippen molar-refractivity contribution >= 4 is 17.7 Å². The van der Waals surface area contributed by atoms with E-state index in [4.69, 9.17) is 11.6 Å². The van der Waals surface area contributed by atoms with Crippen molar-refractivity contribution in [2.75, 3.05) is 20.1 Å². The summed E-state index contributed by atoms with van der Waals surface area (Å²) in [6.45, 7) is 2.21. The van der Waals surface area contributed by atoms with Gasteiger partial charge in [0, 0.05) is 18.1 Å². The first kappa shape index (κ1) is 11.4. The van der Waals surface area contributed by atoms with Crippen molar-refractivity contribution in [3.8, 4) is 0 Å². The monoisotopic (exact) mass is 233 g/mol. The molecule has 1 aliphatic heterocycles. The van der Waals surface area contributed by atoms with E-state index in [0.717, 1.165) is 24.5 Å². The van der Waals surface area contributed by atoms with E-state index in [-0.39, 0.29) is 0 Å². The van der Waals surface area contributed by atoms with E-state index in [0.29, 0.717) is 0 Å². The predicted octanol–water partition coefficient (Wildman–Crippen LogP) is 3.62. The molecule has 84 valence electrons. The first-order chi connectivity index (χ1) is 7.74. The van der Waals surface area contributed by atoms with Crippen molar-refractivity contribution in [2.45, 2.75) is 6.42 Å². The summed E-state index contributed by atoms with van der Waals surface area (Å²) in [6, 6.07) is 7.91. The molecule has 1 aromatic carbocycles. The fourth-order valence-electron chi connectivity index (χ4n) is 1.71. The van der Waals surface area contributed by atoms with Crippen molar-refractivity contribution in [1.82, 2.24) is 4.90 Å². The molecule has 0 N–H and O–H groups in total. The minimum absolute atomic E-state index is 0.788. The summed E-state index contributed by atoms with van der Waals surface area (Å²) in [7, 11) is 2.15. The Labute approximate surface area is 102 Å². The molecule has 1 nitrogen and oxygen atoms in total. The second-order valence-corrected chi connectivity index (χ2v) is 4.61. The molecule has 0 radical (unpaired) electrons. The standard InChI is InChI=1S/C14H16ClN/c1-16-10-8-13(9-11-16)3-2-12-4-6-14(15)7-5-12/h2-8H,9-11H2,1H3/b3-2+. The summed E-state index contributed by atoms with van der Waals surface area (Å²) in [5, 5.41) is 0.788. The van der Waals surface area contributed by atoms with Gasteiger partial charge in [-0.25, -0.2) is 0 Å². The smallest absolute Gasteiger partial charge is 0.0406 e. The normalized spacial score (nSPS) is 17.8. The molecule has 0 bridgehead atoms. The van der Waals surface area contributed by atoms with Gasteiger partial charge >= 0.3 is 0 Å². The second kappa shape index (κ2) is 5.33. The average molecular weight is 234 g/mol. The van der Waals surface area contributed by atoms with Crippen LogP contribution in [0.4, 0.5) is 0 Å². The zero-order chi connectivity index (χ0) is 11.4. The second-order valence-electron chi connectivity index (χ2n) is 4.18. The minimum atomic E-state index is 0.788. The summed E-state index contributed by atoms with van der Waals surface area (Å²) < 4.78 is 0. The van der Waals surface area contributed by atoms with Gasteiger partial charge in [0.25, 0.3) is 0 Å². The van der Waals surface area contributed by atoms with Gasteiger partial charge in [0.05, 0.1) is 0 Å². The first-order valence-corrected chi connectivity index (χ1v) is 5.93. The van der Waals surface area contributed by atoms with Crippen LogP contribution >= 0.6 is 11.6 Å². The third-order valence-corrected chi connectivity index (χ3v) is 3.06. The van der Waals surface area contributed by atoms with Gasteiger partial charge in [-0.2, -0.15) is 0 Å². The quantitative estimate of drug-likeness (QED) is 0.754. The van der Waals surface area contributed by atoms with Crippen LogP contribution in [-0.2, 0) is 0 Å². The van der Waals surface area contributed by atoms with E-state index in [1.165, 1.54) is 11.1 Å². The number of hydrogen-bond acceptors (Lipinski definition) is 1. The Morgan fingerprint density at radius 2 is 1.94 bits per heavy atom. The molecule has 0 spiro atoms. The molecule has 2 rings (SSSR count). The predicted molar refractivity (Wildman–Crippen MR) is 70.7 cm³/mol. The largest absolute Gasteiger partial charge is 0.302 e. The van der Waals surface area contributed by atoms with Crippen LogP contribution in [0.2, 0.25) is 5.02 Å². The minimum Gasteiger partial charge on any atom is -0.302 e. The highest BCUT2D eigenvalue weighted by Gasteiger charge is 2.04. The number of allylic oxidation sites excluding steroid dienone is 1. The molecule has 0 saturated carbocycles. The van der Waals surface area contributed by atoms with E-state index in [1.807, 2.05) is 24.3 Å². The van der Waals surface area contributed by atoms with Crippen LogP contribution in [0.1, 0.15) is 12.0 Å². The number of nitrogens with zero attached hydrogens (tertiary/aromatic N) is 1. The summed E-state index contributed by atoms with van der Waals surface area (Å²) in [4.78, 5) is 2.32. The van der Waals surface area contributed by atoms with E-state index in [2.05, 4.69) is 30.2 Å². The summed E-state index contributed by atoms with van der Waals surface area (Å²) in [5.41, 5.74) is 2.62. The van der Waals surface area contributed by atoms with Crippen LogP contribution in [-0.4, -0.2) is 25.0 Å². The van der Waals surface area contributed by atoms with Gasteiger partial charge in [-0.05, 0) is 36.7 Å². The number of likely N-dealkylation sites (N-methyl/N-ethyl adjacent to an activating group) is 1. The van der Waals surface area contributed by atoms with Gasteiger partial charge in [0.2, 0.25) is 0 Å². The molecule has 1 aromatic rings. The number of halogens is 1. The Kier molecular flexibility index (Phi) is 3.81. The maximum absolute atomic E-state index is 5.84. The number of benzene rings is 1. The zero-order valence-electron chi connectivity index (χ0n) is 9.49. The molecule has 1 heterocycles. The molecule has 0 saturated heterocycles. The van der Waals surface area contributed by atoms with Crippen molar-refractivity contribution in [2.24, 2.45) is 0 Å². The first-order valence-electron chi connectivity index (χ1n) is 5.55. The molecule has 2 heteroatoms. The SMILES string of the molecule is CN1CC=C(/C=C/c2ccc(Cl)cc2)CC1. The van der Waals surface area contributed by atoms with E-state index < -0.39 is 0 Å². The highest BCUT2D eigenvalue weighted by atomic mass is 35.5. The van der Waals surface area contributed by atoms with Crippen LogP contribution in [0.5, 0.6) is 0 Å². The molecular weight excluding hydrogens is 218 g/mol. The van der Waals surface area contributed by atoms with Crippen molar-refractivity contribution in [1.29, 1.82) is 0 Å². The Hall–Kier alpha value is -1.05. The Morgan fingerprint density at radius 3 is 2.56 bits per heavy atom. The fourth-order valence-corrected chi connectivity index (χ4v) is 1.84. The highest BCUT2D eigenvalue weighted by Crippen LogP contribution is 2.14. The molecular formula is C14H16ClN. The lowest BCUT2D eigenvalue weighted by Gasteiger charge is -2.20. The van der Waals surface area contributed by atoms with Crippen molar-refractivity contribution in [3.63, 3.8) is 0 Å². The molecule has 16 heavy (non-hydrogen) atoms. The van der Waals surface area contributed by atoms with Gasteiger partial charge < -0.3 is 4.90 Å². The lowest BCUT2D eigenvalue weighted by atomic mass is 10.1. The van der Waals surface area contributed by atoms with E-state index in [1.54, 1.807) is 0 Å². The average Bonchev–Trinajstić information content (AvgIpc) is 2.30. The maximum atomic E-state index is 5.84. The summed E-state index contributed by atoms with van der Waals surface area (Å²) >= 11 is 5.84. The van der Waals surface area contributed by atoms with Crippen LogP contribution in [0, 0.1) is 0 Å². The lowest BCUT2D eigenvalue weighted by molar-refractivity contribution is 0.361. The summed E-state index contributed by atoms with van der Waals surface area (Å²) in [6.07, 6.45) is 7.78. The highest BCUT2D eigenvalue weighted by molar-refractivity contribution is 6.30. The molecule has 1 aliphatic rings. The molecule has 0 amide bonds. The number of hydrogen-bond donors (Lipinski definition) is 0. The van der Waals surface area contributed by atoms with Crippen LogP contribution in [0.25, 0.3) is 6.08 Å². The van der Waals surface area contributed by atoms with Crippen LogP contribution in [0.15, 0.2) is 42.0 Å².